The average molecular weight is 815 g/mol. The van der Waals surface area contributed by atoms with Gasteiger partial charge in [-0.15, -0.1) is 11.8 Å². The zero-order chi connectivity index (χ0) is 42.1. The maximum atomic E-state index is 14.0. The molecule has 7 rings (SSSR count). The number of nitrogens with one attached hydrogen (secondary N) is 2. The first-order valence-corrected chi connectivity index (χ1v) is 23.8. The summed E-state index contributed by atoms with van der Waals surface area (Å²) in [5.41, 5.74) is 2.08. The van der Waals surface area contributed by atoms with Crippen LogP contribution in [0.1, 0.15) is 143 Å². The van der Waals surface area contributed by atoms with Crippen LogP contribution in [0, 0.1) is 75.4 Å². The van der Waals surface area contributed by atoms with E-state index in [9.17, 15) is 29.1 Å². The molecular formula is C49H70N2O6S. The fourth-order valence-corrected chi connectivity index (χ4v) is 14.9. The smallest absolute Gasteiger partial charge is 0.306 e. The largest absolute Gasteiger partial charge is 0.481 e. The van der Waals surface area contributed by atoms with Gasteiger partial charge in [-0.25, -0.2) is 0 Å². The van der Waals surface area contributed by atoms with E-state index in [1.807, 2.05) is 25.3 Å². The lowest BCUT2D eigenvalue weighted by Crippen LogP contribution is -2.60. The Bertz CT molecular complexity index is 1850. The van der Waals surface area contributed by atoms with Gasteiger partial charge in [0.05, 0.1) is 5.92 Å². The van der Waals surface area contributed by atoms with Crippen LogP contribution in [-0.2, 0) is 19.2 Å². The minimum absolute atomic E-state index is 0.0606. The third-order valence-corrected chi connectivity index (χ3v) is 18.5. The minimum atomic E-state index is -1.10. The molecule has 0 aliphatic heterocycles. The summed E-state index contributed by atoms with van der Waals surface area (Å²) in [6, 6.07) is 7.40. The highest BCUT2D eigenvalue weighted by Gasteiger charge is 2.65. The molecule has 8 nitrogen and oxygen atoms in total. The highest BCUT2D eigenvalue weighted by atomic mass is 32.2. The predicted molar refractivity (Wildman–Crippen MR) is 229 cm³/mol. The number of rotatable bonds is 12. The number of carboxylic acid groups (broad SMARTS) is 1. The molecule has 0 aromatic heterocycles. The van der Waals surface area contributed by atoms with Gasteiger partial charge in [-0.1, -0.05) is 47.1 Å². The molecule has 12 atom stereocenters. The minimum Gasteiger partial charge on any atom is -0.481 e. The van der Waals surface area contributed by atoms with Crippen LogP contribution in [-0.4, -0.2) is 52.8 Å². The Morgan fingerprint density at radius 1 is 0.897 bits per heavy atom. The monoisotopic (exact) mass is 814 g/mol. The highest BCUT2D eigenvalue weighted by molar-refractivity contribution is 7.98. The van der Waals surface area contributed by atoms with Crippen molar-refractivity contribution in [1.82, 2.24) is 10.6 Å². The molecule has 12 unspecified atom stereocenters. The summed E-state index contributed by atoms with van der Waals surface area (Å²) in [6.45, 7) is 17.9. The lowest BCUT2D eigenvalue weighted by molar-refractivity contribution is -0.172. The number of hydrogen-bond donors (Lipinski definition) is 3. The Morgan fingerprint density at radius 3 is 2.19 bits per heavy atom. The molecule has 0 spiro atoms. The second-order valence-electron chi connectivity index (χ2n) is 21.2. The van der Waals surface area contributed by atoms with E-state index >= 15 is 0 Å². The number of amides is 2. The predicted octanol–water partition coefficient (Wildman–Crippen LogP) is 9.56. The Hall–Kier alpha value is -2.94. The number of fused-ring (bicyclic) bond motifs is 7. The first-order chi connectivity index (χ1) is 27.3. The van der Waals surface area contributed by atoms with E-state index in [1.165, 1.54) is 24.8 Å². The fraction of sp³-hybridized carbons (Fsp3) is 0.735. The summed E-state index contributed by atoms with van der Waals surface area (Å²) >= 11 is 1.61. The maximum Gasteiger partial charge on any atom is 0.306 e. The van der Waals surface area contributed by atoms with Gasteiger partial charge in [0, 0.05) is 41.2 Å². The van der Waals surface area contributed by atoms with Crippen LogP contribution < -0.4 is 10.6 Å². The molecule has 0 heterocycles. The lowest BCUT2D eigenvalue weighted by Gasteiger charge is -2.67. The normalized spacial score (nSPS) is 38.2. The molecule has 6 aliphatic carbocycles. The van der Waals surface area contributed by atoms with Gasteiger partial charge in [-0.05, 0) is 172 Å². The van der Waals surface area contributed by atoms with Crippen molar-refractivity contribution in [2.75, 3.05) is 12.8 Å². The average Bonchev–Trinajstić information content (AvgIpc) is 3.47. The standard InChI is InChI=1S/C49H70N2O6S/c1-27(2)41-39(53)26-49(22-23-50-45(57)46(5,6)51-43(54)30-10-12-32(58-9)13-11-30)21-18-37-33(42(41)49)14-15-40-47(7)19-16-31(28(3)36(47)17-20-48(37,40)8)24-38(52)34-25-35(29(34)4)44(55)56/h10-13,27-29,31,33-37,40H,14-26H2,1-9H3,(H,50,57)(H,51,54)(H,55,56). The number of ketones is 2. The zero-order valence-electron chi connectivity index (χ0n) is 36.7. The van der Waals surface area contributed by atoms with Crippen molar-refractivity contribution >= 4 is 41.1 Å². The third kappa shape index (κ3) is 7.23. The number of aliphatic carboxylic acids is 1. The second kappa shape index (κ2) is 15.8. The molecular weight excluding hydrogens is 745 g/mol. The molecule has 1 aromatic carbocycles. The van der Waals surface area contributed by atoms with Gasteiger partial charge in [-0.2, -0.15) is 0 Å². The molecule has 6 aliphatic rings. The van der Waals surface area contributed by atoms with E-state index in [0.29, 0.717) is 78.4 Å². The molecule has 58 heavy (non-hydrogen) atoms. The molecule has 5 saturated carbocycles. The van der Waals surface area contributed by atoms with Gasteiger partial charge in [0.1, 0.15) is 11.3 Å². The molecule has 0 radical (unpaired) electrons. The summed E-state index contributed by atoms with van der Waals surface area (Å²) in [6.07, 6.45) is 13.3. The van der Waals surface area contributed by atoms with E-state index in [2.05, 4.69) is 45.3 Å². The molecule has 0 saturated heterocycles. The van der Waals surface area contributed by atoms with Crippen molar-refractivity contribution in [3.63, 3.8) is 0 Å². The van der Waals surface area contributed by atoms with Crippen molar-refractivity contribution in [3.05, 3.63) is 41.0 Å². The number of carboxylic acids is 1. The van der Waals surface area contributed by atoms with Crippen molar-refractivity contribution in [2.24, 2.45) is 75.4 Å². The van der Waals surface area contributed by atoms with E-state index in [-0.39, 0.29) is 51.7 Å². The number of allylic oxidation sites excluding steroid dienone is 2. The van der Waals surface area contributed by atoms with Gasteiger partial charge in [0.15, 0.2) is 5.78 Å². The van der Waals surface area contributed by atoms with Crippen LogP contribution in [0.5, 0.6) is 0 Å². The van der Waals surface area contributed by atoms with Gasteiger partial charge in [0.2, 0.25) is 5.91 Å². The van der Waals surface area contributed by atoms with Gasteiger partial charge in [-0.3, -0.25) is 24.0 Å². The topological polar surface area (TPSA) is 130 Å². The van der Waals surface area contributed by atoms with Gasteiger partial charge >= 0.3 is 5.97 Å². The van der Waals surface area contributed by atoms with Crippen molar-refractivity contribution in [2.45, 2.75) is 143 Å². The van der Waals surface area contributed by atoms with Crippen LogP contribution in [0.4, 0.5) is 0 Å². The van der Waals surface area contributed by atoms with Crippen LogP contribution >= 0.6 is 11.8 Å². The number of thioether (sulfide) groups is 1. The van der Waals surface area contributed by atoms with Crippen LogP contribution in [0.15, 0.2) is 40.3 Å². The molecule has 5 fully saturated rings. The summed E-state index contributed by atoms with van der Waals surface area (Å²) in [4.78, 5) is 66.9. The van der Waals surface area contributed by atoms with Gasteiger partial charge < -0.3 is 15.7 Å². The van der Waals surface area contributed by atoms with Crippen LogP contribution in [0.3, 0.4) is 0 Å². The van der Waals surface area contributed by atoms with Crippen molar-refractivity contribution in [1.29, 1.82) is 0 Å². The summed E-state index contributed by atoms with van der Waals surface area (Å²) in [7, 11) is 0. The SMILES string of the molecule is CSc1ccc(C(=O)NC(C)(C)C(=O)NCCC23CCC4C(CCC5C4(C)CCC4C(C)C(CC(=O)C6CC(C(=O)O)C6C)CCC45C)C2=C(C(C)C)C(=O)C3)cc1. The highest BCUT2D eigenvalue weighted by Crippen LogP contribution is 2.72. The molecule has 2 amide bonds. The first kappa shape index (κ1) is 43.2. The molecule has 3 N–H and O–H groups in total. The van der Waals surface area contributed by atoms with Crippen LogP contribution in [0.25, 0.3) is 0 Å². The first-order valence-electron chi connectivity index (χ1n) is 22.6. The summed E-state index contributed by atoms with van der Waals surface area (Å²) in [5.74, 6) is 1.90. The Labute approximate surface area is 351 Å². The maximum absolute atomic E-state index is 14.0. The molecule has 9 heteroatoms. The number of Topliss-reactive ketones (excluding diaryl/α,β-unsaturated/α-hetero) is 2. The third-order valence-electron chi connectivity index (χ3n) is 17.7. The molecule has 1 aromatic rings. The van der Waals surface area contributed by atoms with Gasteiger partial charge in [0.25, 0.3) is 5.91 Å². The van der Waals surface area contributed by atoms with Crippen molar-refractivity contribution in [3.8, 4) is 0 Å². The Balaban J connectivity index is 1.03. The number of carbonyl (C=O) groups is 5. The van der Waals surface area contributed by atoms with E-state index < -0.39 is 11.5 Å². The van der Waals surface area contributed by atoms with Crippen molar-refractivity contribution < 1.29 is 29.1 Å². The lowest BCUT2D eigenvalue weighted by atomic mass is 9.37. The van der Waals surface area contributed by atoms with E-state index in [1.54, 1.807) is 37.7 Å². The number of benzene rings is 1. The van der Waals surface area contributed by atoms with E-state index in [0.717, 1.165) is 49.0 Å². The Morgan fingerprint density at radius 2 is 1.55 bits per heavy atom. The second-order valence-corrected chi connectivity index (χ2v) is 22.1. The van der Waals surface area contributed by atoms with Crippen LogP contribution in [0.2, 0.25) is 0 Å². The quantitative estimate of drug-likeness (QED) is 0.179. The Kier molecular flexibility index (Phi) is 11.8. The zero-order valence-corrected chi connectivity index (χ0v) is 37.5. The molecule has 0 bridgehead atoms. The summed E-state index contributed by atoms with van der Waals surface area (Å²) < 4.78 is 0. The van der Waals surface area contributed by atoms with E-state index in [4.69, 9.17) is 0 Å². The number of carbonyl (C=O) groups excluding carboxylic acids is 4. The molecule has 318 valence electrons. The summed E-state index contributed by atoms with van der Waals surface area (Å²) in [5, 5.41) is 15.6. The fourth-order valence-electron chi connectivity index (χ4n) is 14.5. The number of hydrogen-bond acceptors (Lipinski definition) is 6.